The minimum atomic E-state index is 0.266. The molecule has 0 amide bonds. The van der Waals surface area contributed by atoms with E-state index in [2.05, 4.69) is 22.3 Å². The van der Waals surface area contributed by atoms with Crippen molar-refractivity contribution in [1.82, 2.24) is 14.8 Å². The van der Waals surface area contributed by atoms with Crippen molar-refractivity contribution in [3.63, 3.8) is 0 Å². The van der Waals surface area contributed by atoms with Gasteiger partial charge in [-0.15, -0.1) is 0 Å². The second-order valence-corrected chi connectivity index (χ2v) is 4.06. The van der Waals surface area contributed by atoms with Crippen LogP contribution in [0.4, 0.5) is 5.69 Å². The third-order valence-electron chi connectivity index (χ3n) is 2.47. The monoisotopic (exact) mass is 246 g/mol. The van der Waals surface area contributed by atoms with Crippen LogP contribution in [-0.4, -0.2) is 34.0 Å². The molecule has 0 aliphatic carbocycles. The highest BCUT2D eigenvalue weighted by Crippen LogP contribution is 2.10. The second kappa shape index (κ2) is 6.16. The van der Waals surface area contributed by atoms with E-state index in [4.69, 9.17) is 4.74 Å². The molecule has 2 aromatic heterocycles. The van der Waals surface area contributed by atoms with Gasteiger partial charge in [0.2, 0.25) is 0 Å². The molecular formula is C13H18N4O. The van der Waals surface area contributed by atoms with Gasteiger partial charge in [-0.05, 0) is 32.0 Å². The van der Waals surface area contributed by atoms with Crippen LogP contribution in [0.25, 0.3) is 5.82 Å². The lowest BCUT2D eigenvalue weighted by atomic mass is 10.3. The van der Waals surface area contributed by atoms with Crippen LogP contribution in [0.2, 0.25) is 0 Å². The third-order valence-corrected chi connectivity index (χ3v) is 2.47. The molecule has 0 fully saturated rings. The van der Waals surface area contributed by atoms with Gasteiger partial charge in [-0.3, -0.25) is 0 Å². The SMILES string of the molecule is CCOCC(C)Nc1ccc(-n2cccn2)nc1. The van der Waals surface area contributed by atoms with Crippen LogP contribution >= 0.6 is 0 Å². The molecule has 0 saturated carbocycles. The quantitative estimate of drug-likeness (QED) is 0.848. The van der Waals surface area contributed by atoms with Gasteiger partial charge in [0, 0.05) is 25.0 Å². The number of hydrogen-bond acceptors (Lipinski definition) is 4. The smallest absolute Gasteiger partial charge is 0.153 e. The average Bonchev–Trinajstić information content (AvgIpc) is 2.91. The fourth-order valence-corrected chi connectivity index (χ4v) is 1.63. The van der Waals surface area contributed by atoms with E-state index in [9.17, 15) is 0 Å². The van der Waals surface area contributed by atoms with Crippen LogP contribution < -0.4 is 5.32 Å². The molecule has 1 unspecified atom stereocenters. The predicted octanol–water partition coefficient (Wildman–Crippen LogP) is 2.10. The molecule has 0 bridgehead atoms. The lowest BCUT2D eigenvalue weighted by Gasteiger charge is -2.14. The van der Waals surface area contributed by atoms with Gasteiger partial charge < -0.3 is 10.1 Å². The molecule has 0 aliphatic heterocycles. The molecule has 0 aliphatic rings. The first-order chi connectivity index (χ1) is 8.79. The number of nitrogens with zero attached hydrogens (tertiary/aromatic N) is 3. The van der Waals surface area contributed by atoms with E-state index in [1.807, 2.05) is 31.3 Å². The van der Waals surface area contributed by atoms with Gasteiger partial charge in [0.05, 0.1) is 18.5 Å². The molecule has 2 rings (SSSR count). The Morgan fingerprint density at radius 2 is 2.33 bits per heavy atom. The zero-order valence-electron chi connectivity index (χ0n) is 10.7. The van der Waals surface area contributed by atoms with Gasteiger partial charge >= 0.3 is 0 Å². The summed E-state index contributed by atoms with van der Waals surface area (Å²) in [7, 11) is 0. The first kappa shape index (κ1) is 12.6. The molecular weight excluding hydrogens is 228 g/mol. The fraction of sp³-hybridized carbons (Fsp3) is 0.385. The minimum Gasteiger partial charge on any atom is -0.380 e. The van der Waals surface area contributed by atoms with Crippen molar-refractivity contribution in [2.45, 2.75) is 19.9 Å². The second-order valence-electron chi connectivity index (χ2n) is 4.06. The molecule has 5 nitrogen and oxygen atoms in total. The summed E-state index contributed by atoms with van der Waals surface area (Å²) in [4.78, 5) is 4.35. The standard InChI is InChI=1S/C13H18N4O/c1-3-18-10-11(2)16-12-5-6-13(14-9-12)17-8-4-7-15-17/h4-9,11,16H,3,10H2,1-2H3. The number of hydrogen-bond donors (Lipinski definition) is 1. The number of nitrogens with one attached hydrogen (secondary N) is 1. The first-order valence-corrected chi connectivity index (χ1v) is 6.10. The number of rotatable bonds is 6. The van der Waals surface area contributed by atoms with Crippen molar-refractivity contribution in [2.75, 3.05) is 18.5 Å². The maximum Gasteiger partial charge on any atom is 0.153 e. The topological polar surface area (TPSA) is 52.0 Å². The predicted molar refractivity (Wildman–Crippen MR) is 70.9 cm³/mol. The Kier molecular flexibility index (Phi) is 4.30. The summed E-state index contributed by atoms with van der Waals surface area (Å²) in [5, 5.41) is 7.46. The number of aromatic nitrogens is 3. The molecule has 2 heterocycles. The van der Waals surface area contributed by atoms with Gasteiger partial charge in [-0.2, -0.15) is 5.10 Å². The van der Waals surface area contributed by atoms with Gasteiger partial charge in [0.1, 0.15) is 0 Å². The average molecular weight is 246 g/mol. The highest BCUT2D eigenvalue weighted by atomic mass is 16.5. The number of anilines is 1. The Bertz CT molecular complexity index is 452. The van der Waals surface area contributed by atoms with Crippen LogP contribution in [-0.2, 0) is 4.74 Å². The Balaban J connectivity index is 1.95. The molecule has 5 heteroatoms. The van der Waals surface area contributed by atoms with Crippen molar-refractivity contribution < 1.29 is 4.74 Å². The van der Waals surface area contributed by atoms with E-state index in [0.29, 0.717) is 6.61 Å². The van der Waals surface area contributed by atoms with Crippen molar-refractivity contribution in [2.24, 2.45) is 0 Å². The molecule has 18 heavy (non-hydrogen) atoms. The summed E-state index contributed by atoms with van der Waals surface area (Å²) in [6.07, 6.45) is 5.41. The summed E-state index contributed by atoms with van der Waals surface area (Å²) >= 11 is 0. The van der Waals surface area contributed by atoms with Gasteiger partial charge in [0.15, 0.2) is 5.82 Å². The molecule has 96 valence electrons. The Morgan fingerprint density at radius 3 is 2.94 bits per heavy atom. The van der Waals surface area contributed by atoms with E-state index in [1.54, 1.807) is 17.1 Å². The zero-order valence-corrected chi connectivity index (χ0v) is 10.7. The molecule has 0 radical (unpaired) electrons. The fourth-order valence-electron chi connectivity index (χ4n) is 1.63. The third kappa shape index (κ3) is 3.30. The summed E-state index contributed by atoms with van der Waals surface area (Å²) in [5.41, 5.74) is 0.984. The van der Waals surface area contributed by atoms with E-state index in [0.717, 1.165) is 18.1 Å². The number of pyridine rings is 1. The normalized spacial score (nSPS) is 12.3. The zero-order chi connectivity index (χ0) is 12.8. The highest BCUT2D eigenvalue weighted by molar-refractivity contribution is 5.44. The van der Waals surface area contributed by atoms with Crippen molar-refractivity contribution in [3.05, 3.63) is 36.8 Å². The summed E-state index contributed by atoms with van der Waals surface area (Å²) < 4.78 is 7.08. The maximum atomic E-state index is 5.35. The van der Waals surface area contributed by atoms with E-state index >= 15 is 0 Å². The Hall–Kier alpha value is -1.88. The largest absolute Gasteiger partial charge is 0.380 e. The molecule has 1 atom stereocenters. The van der Waals surface area contributed by atoms with E-state index < -0.39 is 0 Å². The lowest BCUT2D eigenvalue weighted by molar-refractivity contribution is 0.141. The van der Waals surface area contributed by atoms with E-state index in [1.165, 1.54) is 0 Å². The molecule has 0 aromatic carbocycles. The van der Waals surface area contributed by atoms with Crippen LogP contribution in [0.15, 0.2) is 36.8 Å². The van der Waals surface area contributed by atoms with Crippen LogP contribution in [0.3, 0.4) is 0 Å². The van der Waals surface area contributed by atoms with Gasteiger partial charge in [0.25, 0.3) is 0 Å². The molecule has 0 saturated heterocycles. The summed E-state index contributed by atoms with van der Waals surface area (Å²) in [5.74, 6) is 0.808. The molecule has 0 spiro atoms. The minimum absolute atomic E-state index is 0.266. The molecule has 1 N–H and O–H groups in total. The summed E-state index contributed by atoms with van der Waals surface area (Å²) in [6.45, 7) is 5.50. The maximum absolute atomic E-state index is 5.35. The van der Waals surface area contributed by atoms with Crippen molar-refractivity contribution in [3.8, 4) is 5.82 Å². The van der Waals surface area contributed by atoms with Gasteiger partial charge in [-0.25, -0.2) is 9.67 Å². The van der Waals surface area contributed by atoms with E-state index in [-0.39, 0.29) is 6.04 Å². The van der Waals surface area contributed by atoms with Gasteiger partial charge in [-0.1, -0.05) is 0 Å². The van der Waals surface area contributed by atoms with Crippen LogP contribution in [0.5, 0.6) is 0 Å². The number of ether oxygens (including phenoxy) is 1. The first-order valence-electron chi connectivity index (χ1n) is 6.10. The Morgan fingerprint density at radius 1 is 1.44 bits per heavy atom. The molecule has 2 aromatic rings. The van der Waals surface area contributed by atoms with Crippen molar-refractivity contribution in [1.29, 1.82) is 0 Å². The highest BCUT2D eigenvalue weighted by Gasteiger charge is 2.03. The van der Waals surface area contributed by atoms with Crippen LogP contribution in [0.1, 0.15) is 13.8 Å². The summed E-state index contributed by atoms with van der Waals surface area (Å²) in [6, 6.07) is 6.06. The Labute approximate surface area is 107 Å². The van der Waals surface area contributed by atoms with Crippen molar-refractivity contribution >= 4 is 5.69 Å². The van der Waals surface area contributed by atoms with Crippen LogP contribution in [0, 0.1) is 0 Å². The lowest BCUT2D eigenvalue weighted by Crippen LogP contribution is -2.21.